The summed E-state index contributed by atoms with van der Waals surface area (Å²) in [5.41, 5.74) is 7.13. The first-order chi connectivity index (χ1) is 7.99. The first-order valence-corrected chi connectivity index (χ1v) is 4.28. The number of nitrogens with one attached hydrogen (secondary N) is 1. The molecular weight excluding hydrogens is 230 g/mol. The van der Waals surface area contributed by atoms with Gasteiger partial charge in [0.25, 0.3) is 5.96 Å². The topological polar surface area (TPSA) is 146 Å². The molecule has 0 saturated carbocycles. The van der Waals surface area contributed by atoms with Crippen LogP contribution in [0.3, 0.4) is 0 Å². The monoisotopic (exact) mass is 239 g/mol. The molecule has 0 amide bonds. The maximum absolute atomic E-state index is 9.95. The van der Waals surface area contributed by atoms with Crippen molar-refractivity contribution in [1.29, 1.82) is 0 Å². The van der Waals surface area contributed by atoms with Crippen molar-refractivity contribution in [2.24, 2.45) is 15.9 Å². The van der Waals surface area contributed by atoms with E-state index in [1.165, 1.54) is 24.4 Å². The van der Waals surface area contributed by atoms with Crippen LogP contribution in [-0.2, 0) is 0 Å². The van der Waals surface area contributed by atoms with Crippen molar-refractivity contribution in [3.05, 3.63) is 33.9 Å². The molecule has 0 radical (unpaired) electrons. The summed E-state index contributed by atoms with van der Waals surface area (Å²) in [6.07, 6.45) is 1.20. The van der Waals surface area contributed by atoms with Gasteiger partial charge in [-0.3, -0.25) is 0 Å². The summed E-state index contributed by atoms with van der Waals surface area (Å²) >= 11 is 0. The van der Waals surface area contributed by atoms with E-state index in [0.717, 1.165) is 0 Å². The SMILES string of the molecule is NC(=N/N=C/c1ccc(O)c(O)c1)N[N+](=O)[O-]. The highest BCUT2D eigenvalue weighted by molar-refractivity contribution is 5.82. The standard InChI is InChI=1S/C8H9N5O4/c9-8(12-13(16)17)11-10-4-5-1-2-6(14)7(15)3-5/h1-4,14-15H,(H3,9,11,12)/b10-4+. The normalized spacial score (nSPS) is 11.6. The van der Waals surface area contributed by atoms with E-state index in [2.05, 4.69) is 10.2 Å². The molecule has 1 aromatic rings. The van der Waals surface area contributed by atoms with Gasteiger partial charge in [-0.2, -0.15) is 5.10 Å². The van der Waals surface area contributed by atoms with Gasteiger partial charge < -0.3 is 15.9 Å². The number of aromatic hydroxyl groups is 2. The minimum atomic E-state index is -0.874. The van der Waals surface area contributed by atoms with Gasteiger partial charge in [-0.1, -0.05) is 5.43 Å². The third kappa shape index (κ3) is 4.03. The average molecular weight is 239 g/mol. The Bertz CT molecular complexity index is 485. The number of nitro groups is 1. The number of hydrogen-bond donors (Lipinski definition) is 4. The second-order valence-corrected chi connectivity index (χ2v) is 2.85. The van der Waals surface area contributed by atoms with Gasteiger partial charge in [0, 0.05) is 0 Å². The van der Waals surface area contributed by atoms with Crippen molar-refractivity contribution >= 4 is 12.2 Å². The number of nitrogens with zero attached hydrogens (tertiary/aromatic N) is 3. The molecule has 17 heavy (non-hydrogen) atoms. The van der Waals surface area contributed by atoms with Crippen molar-refractivity contribution in [1.82, 2.24) is 5.43 Å². The zero-order valence-electron chi connectivity index (χ0n) is 8.44. The Morgan fingerprint density at radius 3 is 2.76 bits per heavy atom. The lowest BCUT2D eigenvalue weighted by molar-refractivity contribution is -0.525. The predicted octanol–water partition coefficient (Wildman–Crippen LogP) is -0.472. The van der Waals surface area contributed by atoms with Gasteiger partial charge in [0.2, 0.25) is 0 Å². The van der Waals surface area contributed by atoms with Gasteiger partial charge in [-0.15, -0.1) is 5.10 Å². The highest BCUT2D eigenvalue weighted by Crippen LogP contribution is 2.23. The van der Waals surface area contributed by atoms with Crippen LogP contribution in [0.15, 0.2) is 28.4 Å². The third-order valence-electron chi connectivity index (χ3n) is 1.58. The summed E-state index contributed by atoms with van der Waals surface area (Å²) in [4.78, 5) is 9.95. The van der Waals surface area contributed by atoms with Crippen LogP contribution in [0, 0.1) is 10.1 Å². The molecule has 0 fully saturated rings. The van der Waals surface area contributed by atoms with E-state index >= 15 is 0 Å². The Morgan fingerprint density at radius 1 is 1.47 bits per heavy atom. The number of nitrogens with two attached hydrogens (primary N) is 1. The van der Waals surface area contributed by atoms with Crippen LogP contribution in [0.2, 0.25) is 0 Å². The van der Waals surface area contributed by atoms with Gasteiger partial charge >= 0.3 is 0 Å². The predicted molar refractivity (Wildman–Crippen MR) is 59.1 cm³/mol. The second-order valence-electron chi connectivity index (χ2n) is 2.85. The third-order valence-corrected chi connectivity index (χ3v) is 1.58. The number of guanidine groups is 1. The van der Waals surface area contributed by atoms with Crippen molar-refractivity contribution in [2.45, 2.75) is 0 Å². The Labute approximate surface area is 95.0 Å². The van der Waals surface area contributed by atoms with E-state index in [9.17, 15) is 10.1 Å². The van der Waals surface area contributed by atoms with Crippen molar-refractivity contribution in [3.63, 3.8) is 0 Å². The zero-order valence-corrected chi connectivity index (χ0v) is 8.44. The molecule has 0 atom stereocenters. The van der Waals surface area contributed by atoms with E-state index in [4.69, 9.17) is 15.9 Å². The van der Waals surface area contributed by atoms with Crippen LogP contribution in [-0.4, -0.2) is 27.4 Å². The first kappa shape index (κ1) is 12.2. The van der Waals surface area contributed by atoms with Gasteiger partial charge in [0.05, 0.1) is 6.21 Å². The maximum atomic E-state index is 9.95. The fourth-order valence-corrected chi connectivity index (χ4v) is 0.894. The molecular formula is C8H9N5O4. The molecule has 0 saturated heterocycles. The largest absolute Gasteiger partial charge is 0.504 e. The summed E-state index contributed by atoms with van der Waals surface area (Å²) in [7, 11) is 0. The molecule has 0 spiro atoms. The number of benzene rings is 1. The maximum Gasteiger partial charge on any atom is 0.275 e. The number of rotatable bonds is 3. The molecule has 0 aliphatic heterocycles. The highest BCUT2D eigenvalue weighted by atomic mass is 16.7. The van der Waals surface area contributed by atoms with Crippen LogP contribution >= 0.6 is 0 Å². The van der Waals surface area contributed by atoms with Gasteiger partial charge in [-0.25, -0.2) is 10.1 Å². The summed E-state index contributed by atoms with van der Waals surface area (Å²) in [5.74, 6) is -1.05. The molecule has 0 unspecified atom stereocenters. The Balaban J connectivity index is 2.71. The van der Waals surface area contributed by atoms with Gasteiger partial charge in [0.15, 0.2) is 16.5 Å². The first-order valence-electron chi connectivity index (χ1n) is 4.28. The van der Waals surface area contributed by atoms with Gasteiger partial charge in [-0.05, 0) is 23.8 Å². The minimum absolute atomic E-state index is 0.264. The van der Waals surface area contributed by atoms with Crippen molar-refractivity contribution < 1.29 is 15.2 Å². The summed E-state index contributed by atoms with van der Waals surface area (Å²) < 4.78 is 0. The fraction of sp³-hybridized carbons (Fsp3) is 0. The zero-order chi connectivity index (χ0) is 12.8. The molecule has 0 aliphatic rings. The number of hydrazine groups is 1. The molecule has 0 aliphatic carbocycles. The van der Waals surface area contributed by atoms with Gasteiger partial charge in [0.1, 0.15) is 0 Å². The molecule has 90 valence electrons. The van der Waals surface area contributed by atoms with E-state index in [0.29, 0.717) is 5.56 Å². The van der Waals surface area contributed by atoms with Crippen LogP contribution in [0.1, 0.15) is 5.56 Å². The quantitative estimate of drug-likeness (QED) is 0.184. The molecule has 0 bridgehead atoms. The van der Waals surface area contributed by atoms with E-state index in [-0.39, 0.29) is 11.5 Å². The number of phenols is 2. The number of phenolic OH excluding ortho intramolecular Hbond substituents is 2. The Kier molecular flexibility index (Phi) is 3.81. The molecule has 1 aromatic carbocycles. The summed E-state index contributed by atoms with van der Waals surface area (Å²) in [5, 5.41) is 34.0. The van der Waals surface area contributed by atoms with E-state index in [1.54, 1.807) is 5.43 Å². The average Bonchev–Trinajstić information content (AvgIpc) is 2.22. The highest BCUT2D eigenvalue weighted by Gasteiger charge is 1.99. The summed E-state index contributed by atoms with van der Waals surface area (Å²) in [6.45, 7) is 0. The Hall–Kier alpha value is -2.84. The molecule has 9 nitrogen and oxygen atoms in total. The lowest BCUT2D eigenvalue weighted by atomic mass is 10.2. The Morgan fingerprint density at radius 2 is 2.18 bits per heavy atom. The molecule has 5 N–H and O–H groups in total. The lowest BCUT2D eigenvalue weighted by Crippen LogP contribution is -2.35. The molecule has 9 heteroatoms. The van der Waals surface area contributed by atoms with Crippen molar-refractivity contribution in [2.75, 3.05) is 0 Å². The molecule has 0 heterocycles. The van der Waals surface area contributed by atoms with Crippen molar-refractivity contribution in [3.8, 4) is 11.5 Å². The lowest BCUT2D eigenvalue weighted by Gasteiger charge is -1.97. The number of hydrogen-bond acceptors (Lipinski definition) is 6. The van der Waals surface area contributed by atoms with Crippen LogP contribution < -0.4 is 11.2 Å². The molecule has 0 aromatic heterocycles. The van der Waals surface area contributed by atoms with Crippen LogP contribution in [0.25, 0.3) is 0 Å². The van der Waals surface area contributed by atoms with Crippen LogP contribution in [0.5, 0.6) is 11.5 Å². The summed E-state index contributed by atoms with van der Waals surface area (Å²) in [6, 6.07) is 3.97. The van der Waals surface area contributed by atoms with E-state index < -0.39 is 11.0 Å². The second kappa shape index (κ2) is 5.30. The minimum Gasteiger partial charge on any atom is -0.504 e. The van der Waals surface area contributed by atoms with Crippen LogP contribution in [0.4, 0.5) is 0 Å². The fourth-order valence-electron chi connectivity index (χ4n) is 0.894. The molecule has 1 rings (SSSR count). The van der Waals surface area contributed by atoms with E-state index in [1.807, 2.05) is 0 Å². The smallest absolute Gasteiger partial charge is 0.275 e.